The van der Waals surface area contributed by atoms with Crippen LogP contribution in [0.15, 0.2) is 48.8 Å². The van der Waals surface area contributed by atoms with Gasteiger partial charge in [0.1, 0.15) is 24.6 Å². The Morgan fingerprint density at radius 3 is 2.64 bits per heavy atom. The van der Waals surface area contributed by atoms with Gasteiger partial charge in [0.25, 0.3) is 6.23 Å². The Hall–Kier alpha value is -1.88. The number of hydrogen-bond donors (Lipinski definition) is 4. The van der Waals surface area contributed by atoms with E-state index in [1.807, 2.05) is 31.2 Å². The fourth-order valence-corrected chi connectivity index (χ4v) is 4.21. The molecule has 1 saturated heterocycles. The molecule has 3 rings (SSSR count). The van der Waals surface area contributed by atoms with Crippen LogP contribution >= 0.6 is 8.17 Å². The van der Waals surface area contributed by atoms with E-state index in [4.69, 9.17) is 24.3 Å². The van der Waals surface area contributed by atoms with Crippen molar-refractivity contribution in [2.75, 3.05) is 25.6 Å². The molecule has 0 bridgehead atoms. The molecular weight excluding hydrogens is 451 g/mol. The number of phosphoric ester groups is 1. The first-order valence-corrected chi connectivity index (χ1v) is 12.3. The Morgan fingerprint density at radius 2 is 1.88 bits per heavy atom. The molecule has 33 heavy (non-hydrogen) atoms. The average Bonchev–Trinajstić information content (AvgIpc) is 3.06. The first-order chi connectivity index (χ1) is 15.7. The van der Waals surface area contributed by atoms with Crippen LogP contribution in [0, 0.1) is 6.92 Å². The fraction of sp³-hybridized carbons (Fsp3) is 0.500. The fourth-order valence-electron chi connectivity index (χ4n) is 3.44. The van der Waals surface area contributed by atoms with Gasteiger partial charge in [-0.15, -0.1) is 0 Å². The Bertz CT molecular complexity index is 887. The molecule has 0 radical (unpaired) electrons. The molecule has 2 heterocycles. The molecule has 10 nitrogen and oxygen atoms in total. The number of nitrogens with two attached hydrogens (primary N) is 1. The van der Waals surface area contributed by atoms with E-state index >= 15 is 0 Å². The molecule has 182 valence electrons. The highest BCUT2D eigenvalue weighted by molar-refractivity contribution is 7.52. The second kappa shape index (κ2) is 12.0. The lowest BCUT2D eigenvalue weighted by Gasteiger charge is -2.21. The molecule has 1 aromatic carbocycles. The van der Waals surface area contributed by atoms with Crippen molar-refractivity contribution >= 4 is 13.9 Å². The average molecular weight is 483 g/mol. The lowest BCUT2D eigenvalue weighted by molar-refractivity contribution is -0.765. The zero-order valence-electron chi connectivity index (χ0n) is 18.5. The van der Waals surface area contributed by atoms with Gasteiger partial charge in [0.15, 0.2) is 18.5 Å². The van der Waals surface area contributed by atoms with Crippen LogP contribution in [0.4, 0.5) is 5.69 Å². The van der Waals surface area contributed by atoms with Crippen LogP contribution in [-0.4, -0.2) is 53.2 Å². The van der Waals surface area contributed by atoms with Gasteiger partial charge in [-0.2, -0.15) is 18.5 Å². The number of aliphatic hydroxyl groups is 2. The molecule has 0 aliphatic carbocycles. The first kappa shape index (κ1) is 25.7. The summed E-state index contributed by atoms with van der Waals surface area (Å²) in [5.74, 6) is 0.817. The molecule has 11 heteroatoms. The van der Waals surface area contributed by atoms with Gasteiger partial charge in [0.2, 0.25) is 0 Å². The summed E-state index contributed by atoms with van der Waals surface area (Å²) in [7, 11) is -4.33. The summed E-state index contributed by atoms with van der Waals surface area (Å²) in [6.45, 7) is 2.16. The maximum Gasteiger partial charge on any atom is 0.376 e. The number of aliphatic hydroxyl groups excluding tert-OH is 2. The minimum absolute atomic E-state index is 0.0384. The summed E-state index contributed by atoms with van der Waals surface area (Å²) in [5.41, 5.74) is 7.32. The van der Waals surface area contributed by atoms with Crippen LogP contribution in [-0.2, 0) is 13.8 Å². The summed E-state index contributed by atoms with van der Waals surface area (Å²) in [4.78, 5) is 22.0. The van der Waals surface area contributed by atoms with Gasteiger partial charge in [-0.1, -0.05) is 12.1 Å². The maximum atomic E-state index is 12.1. The third-order valence-electron chi connectivity index (χ3n) is 5.18. The van der Waals surface area contributed by atoms with Crippen molar-refractivity contribution in [3.63, 3.8) is 0 Å². The molecule has 0 saturated carbocycles. The zero-order valence-corrected chi connectivity index (χ0v) is 19.4. The number of unbranched alkanes of at least 4 members (excludes halogenated alkanes) is 2. The van der Waals surface area contributed by atoms with Gasteiger partial charge in [-0.3, -0.25) is 0 Å². The van der Waals surface area contributed by atoms with Gasteiger partial charge in [-0.25, -0.2) is 0 Å². The van der Waals surface area contributed by atoms with Crippen LogP contribution in [0.1, 0.15) is 31.1 Å². The summed E-state index contributed by atoms with van der Waals surface area (Å²) >= 11 is 0. The highest BCUT2D eigenvalue weighted by atomic mass is 31.2. The Labute approximate surface area is 193 Å². The van der Waals surface area contributed by atoms with Gasteiger partial charge < -0.3 is 30.3 Å². The van der Waals surface area contributed by atoms with Crippen molar-refractivity contribution in [3.8, 4) is 5.75 Å². The number of nitrogens with zero attached hydrogens (tertiary/aromatic N) is 1. The quantitative estimate of drug-likeness (QED) is 0.195. The van der Waals surface area contributed by atoms with Crippen molar-refractivity contribution in [1.29, 1.82) is 0 Å². The number of anilines is 1. The van der Waals surface area contributed by atoms with E-state index < -0.39 is 39.3 Å². The molecule has 0 spiro atoms. The molecular formula is C22H32N2O8P+. The lowest BCUT2D eigenvalue weighted by Crippen LogP contribution is -2.45. The number of ether oxygens (including phenoxy) is 2. The van der Waals surface area contributed by atoms with Crippen molar-refractivity contribution in [3.05, 3.63) is 54.4 Å². The molecule has 5 N–H and O–H groups in total. The molecule has 5 atom stereocenters. The first-order valence-electron chi connectivity index (χ1n) is 10.8. The maximum absolute atomic E-state index is 12.1. The molecule has 0 amide bonds. The van der Waals surface area contributed by atoms with Crippen molar-refractivity contribution in [2.24, 2.45) is 0 Å². The predicted octanol–water partition coefficient (Wildman–Crippen LogP) is 0.797. The Kier molecular flexibility index (Phi) is 9.37. The van der Waals surface area contributed by atoms with E-state index in [1.165, 1.54) is 4.57 Å². The zero-order chi connectivity index (χ0) is 23.8. The summed E-state index contributed by atoms with van der Waals surface area (Å²) in [6.07, 6.45) is 0.782. The molecule has 1 aliphatic heterocycles. The Balaban J connectivity index is 1.33. The normalized spacial score (nSPS) is 24.5. The number of pyridine rings is 1. The SMILES string of the molecule is Cc1cccc(OCCCCCO[P+]([O-])(O)OC[C@H]2O[C@@H]([n+]3cccc(N)c3)[C@H](O)[C@@H]2O)c1. The van der Waals surface area contributed by atoms with E-state index in [0.717, 1.165) is 24.2 Å². The Morgan fingerprint density at radius 1 is 1.09 bits per heavy atom. The van der Waals surface area contributed by atoms with Crippen LogP contribution < -0.4 is 19.9 Å². The smallest absolute Gasteiger partial charge is 0.376 e. The standard InChI is InChI=1S/C22H31N2O8P/c1-16-7-5-9-18(13-16)29-11-3-2-4-12-30-33(27,28)31-15-19-20(25)21(26)22(32-19)24-10-6-8-17(23)14-24/h5-10,13-14,19-22,25-26H,2-4,11-12,15,23H2,1H3/p+1/t19-,20-,21-,22-/m1/s1. The van der Waals surface area contributed by atoms with Gasteiger partial charge in [-0.05, 0) is 49.9 Å². The largest absolute Gasteiger partial charge is 0.606 e. The predicted molar refractivity (Wildman–Crippen MR) is 119 cm³/mol. The van der Waals surface area contributed by atoms with Crippen LogP contribution in [0.3, 0.4) is 0 Å². The summed E-state index contributed by atoms with van der Waals surface area (Å²) in [6, 6.07) is 11.1. The molecule has 1 aromatic heterocycles. The monoisotopic (exact) mass is 483 g/mol. The minimum atomic E-state index is -4.33. The van der Waals surface area contributed by atoms with Gasteiger partial charge in [0.05, 0.1) is 18.9 Å². The van der Waals surface area contributed by atoms with Crippen molar-refractivity contribution < 1.29 is 43.1 Å². The number of rotatable bonds is 12. The van der Waals surface area contributed by atoms with E-state index in [-0.39, 0.29) is 6.61 Å². The number of aryl methyl sites for hydroxylation is 1. The van der Waals surface area contributed by atoms with E-state index in [0.29, 0.717) is 18.7 Å². The third-order valence-corrected chi connectivity index (χ3v) is 6.16. The number of nitrogen functional groups attached to an aromatic ring is 1. The van der Waals surface area contributed by atoms with E-state index in [9.17, 15) is 20.0 Å². The highest BCUT2D eigenvalue weighted by Crippen LogP contribution is 2.48. The molecule has 2 aromatic rings. The third kappa shape index (κ3) is 7.84. The summed E-state index contributed by atoms with van der Waals surface area (Å²) < 4.78 is 22.7. The second-order valence-electron chi connectivity index (χ2n) is 7.95. The molecule has 1 unspecified atom stereocenters. The molecule has 1 aliphatic rings. The van der Waals surface area contributed by atoms with Crippen molar-refractivity contribution in [1.82, 2.24) is 0 Å². The van der Waals surface area contributed by atoms with E-state index in [2.05, 4.69) is 0 Å². The van der Waals surface area contributed by atoms with Crippen LogP contribution in [0.2, 0.25) is 0 Å². The minimum Gasteiger partial charge on any atom is -0.606 e. The topological polar surface area (TPSA) is 151 Å². The number of benzene rings is 1. The lowest BCUT2D eigenvalue weighted by atomic mass is 10.1. The number of aromatic nitrogens is 1. The second-order valence-corrected chi connectivity index (χ2v) is 9.41. The molecule has 1 fully saturated rings. The van der Waals surface area contributed by atoms with Crippen LogP contribution in [0.25, 0.3) is 0 Å². The number of phosphoric acid groups is 1. The van der Waals surface area contributed by atoms with Crippen LogP contribution in [0.5, 0.6) is 5.75 Å². The van der Waals surface area contributed by atoms with E-state index in [1.54, 1.807) is 24.5 Å². The number of hydrogen-bond acceptors (Lipinski definition) is 9. The van der Waals surface area contributed by atoms with Crippen molar-refractivity contribution in [2.45, 2.75) is 50.7 Å². The van der Waals surface area contributed by atoms with Gasteiger partial charge >= 0.3 is 8.17 Å². The van der Waals surface area contributed by atoms with Gasteiger partial charge in [0, 0.05) is 6.07 Å². The highest BCUT2D eigenvalue weighted by Gasteiger charge is 2.49. The summed E-state index contributed by atoms with van der Waals surface area (Å²) in [5, 5.41) is 20.5.